The first-order valence-corrected chi connectivity index (χ1v) is 9.51. The van der Waals surface area contributed by atoms with E-state index in [-0.39, 0.29) is 0 Å². The van der Waals surface area contributed by atoms with Crippen LogP contribution in [0.2, 0.25) is 0 Å². The lowest BCUT2D eigenvalue weighted by molar-refractivity contribution is -0.119. The van der Waals surface area contributed by atoms with Gasteiger partial charge < -0.3 is 15.8 Å². The van der Waals surface area contributed by atoms with Crippen LogP contribution >= 0.6 is 0 Å². The summed E-state index contributed by atoms with van der Waals surface area (Å²) in [5.41, 5.74) is 8.50. The molecule has 3 rings (SSSR count). The Bertz CT molecular complexity index is 1030. The van der Waals surface area contributed by atoms with E-state index >= 15 is 0 Å². The standard InChI is InChI=1S/C24H22N2O4/c25-23(28)19-12-14-20(15-13-19)26-22(27)16-30-24(29)21-9-5-4-8-18(21)11-10-17-6-2-1-3-7-17/h1-9,12-15H,10-11,16H2,(H2,25,28)(H,26,27). The second-order valence-corrected chi connectivity index (χ2v) is 6.71. The predicted molar refractivity (Wildman–Crippen MR) is 114 cm³/mol. The molecule has 0 aliphatic heterocycles. The van der Waals surface area contributed by atoms with Crippen LogP contribution in [-0.4, -0.2) is 24.4 Å². The number of rotatable bonds is 8. The monoisotopic (exact) mass is 402 g/mol. The predicted octanol–water partition coefficient (Wildman–Crippen LogP) is 3.37. The number of anilines is 1. The quantitative estimate of drug-likeness (QED) is 0.565. The summed E-state index contributed by atoms with van der Waals surface area (Å²) in [6, 6.07) is 23.4. The highest BCUT2D eigenvalue weighted by Crippen LogP contribution is 2.14. The summed E-state index contributed by atoms with van der Waals surface area (Å²) in [6.45, 7) is -0.413. The minimum atomic E-state index is -0.548. The molecule has 0 aliphatic carbocycles. The summed E-state index contributed by atoms with van der Waals surface area (Å²) in [6.07, 6.45) is 1.49. The first-order valence-electron chi connectivity index (χ1n) is 9.51. The van der Waals surface area contributed by atoms with Crippen molar-refractivity contribution in [3.63, 3.8) is 0 Å². The molecule has 0 saturated heterocycles. The maximum atomic E-state index is 12.5. The van der Waals surface area contributed by atoms with Gasteiger partial charge in [-0.05, 0) is 54.3 Å². The van der Waals surface area contributed by atoms with Gasteiger partial charge in [0.15, 0.2) is 6.61 Å². The number of primary amides is 1. The van der Waals surface area contributed by atoms with Gasteiger partial charge in [0.25, 0.3) is 5.91 Å². The van der Waals surface area contributed by atoms with E-state index < -0.39 is 24.4 Å². The molecule has 6 nitrogen and oxygen atoms in total. The Morgan fingerprint density at radius 3 is 2.17 bits per heavy atom. The molecule has 3 N–H and O–H groups in total. The van der Waals surface area contributed by atoms with Crippen LogP contribution in [0.15, 0.2) is 78.9 Å². The van der Waals surface area contributed by atoms with Crippen molar-refractivity contribution in [2.24, 2.45) is 5.73 Å². The molecule has 6 heteroatoms. The largest absolute Gasteiger partial charge is 0.452 e. The molecule has 0 atom stereocenters. The van der Waals surface area contributed by atoms with E-state index in [9.17, 15) is 14.4 Å². The Balaban J connectivity index is 1.55. The number of benzene rings is 3. The van der Waals surface area contributed by atoms with E-state index in [0.29, 0.717) is 23.2 Å². The summed E-state index contributed by atoms with van der Waals surface area (Å²) in [7, 11) is 0. The zero-order chi connectivity index (χ0) is 21.3. The van der Waals surface area contributed by atoms with Crippen LogP contribution in [0.1, 0.15) is 31.8 Å². The molecule has 0 aliphatic rings. The number of ether oxygens (including phenoxy) is 1. The number of nitrogens with one attached hydrogen (secondary N) is 1. The number of carbonyl (C=O) groups is 3. The third kappa shape index (κ3) is 5.78. The van der Waals surface area contributed by atoms with Gasteiger partial charge in [0.2, 0.25) is 5.91 Å². The van der Waals surface area contributed by atoms with Crippen molar-refractivity contribution in [3.8, 4) is 0 Å². The SMILES string of the molecule is NC(=O)c1ccc(NC(=O)COC(=O)c2ccccc2CCc2ccccc2)cc1. The summed E-state index contributed by atoms with van der Waals surface area (Å²) >= 11 is 0. The van der Waals surface area contributed by atoms with Gasteiger partial charge in [0.1, 0.15) is 0 Å². The van der Waals surface area contributed by atoms with E-state index in [1.807, 2.05) is 42.5 Å². The fourth-order valence-corrected chi connectivity index (χ4v) is 2.98. The molecule has 2 amide bonds. The third-order valence-corrected chi connectivity index (χ3v) is 4.55. The van der Waals surface area contributed by atoms with Crippen LogP contribution in [-0.2, 0) is 22.4 Å². The number of amides is 2. The average Bonchev–Trinajstić information content (AvgIpc) is 2.77. The normalized spacial score (nSPS) is 10.3. The number of hydrogen-bond donors (Lipinski definition) is 2. The van der Waals surface area contributed by atoms with E-state index in [4.69, 9.17) is 10.5 Å². The van der Waals surface area contributed by atoms with E-state index in [0.717, 1.165) is 12.0 Å². The molecule has 0 spiro atoms. The minimum Gasteiger partial charge on any atom is -0.452 e. The molecule has 152 valence electrons. The summed E-state index contributed by atoms with van der Waals surface area (Å²) in [5.74, 6) is -1.57. The van der Waals surface area contributed by atoms with Gasteiger partial charge in [-0.2, -0.15) is 0 Å². The molecular formula is C24H22N2O4. The zero-order valence-corrected chi connectivity index (χ0v) is 16.3. The van der Waals surface area contributed by atoms with Crippen LogP contribution in [0.25, 0.3) is 0 Å². The first-order chi connectivity index (χ1) is 14.5. The van der Waals surface area contributed by atoms with Crippen LogP contribution in [0.3, 0.4) is 0 Å². The lowest BCUT2D eigenvalue weighted by atomic mass is 10.00. The number of aryl methyl sites for hydroxylation is 2. The Labute approximate surface area is 174 Å². The molecule has 0 radical (unpaired) electrons. The second-order valence-electron chi connectivity index (χ2n) is 6.71. The highest BCUT2D eigenvalue weighted by Gasteiger charge is 2.14. The van der Waals surface area contributed by atoms with Gasteiger partial charge >= 0.3 is 5.97 Å². The first kappa shape index (κ1) is 20.8. The molecule has 30 heavy (non-hydrogen) atoms. The molecule has 3 aromatic carbocycles. The molecular weight excluding hydrogens is 380 g/mol. The van der Waals surface area contributed by atoms with Crippen LogP contribution < -0.4 is 11.1 Å². The summed E-state index contributed by atoms with van der Waals surface area (Å²) in [4.78, 5) is 35.7. The zero-order valence-electron chi connectivity index (χ0n) is 16.3. The van der Waals surface area contributed by atoms with Crippen molar-refractivity contribution in [2.75, 3.05) is 11.9 Å². The molecule has 0 heterocycles. The van der Waals surface area contributed by atoms with Crippen molar-refractivity contribution in [2.45, 2.75) is 12.8 Å². The summed E-state index contributed by atoms with van der Waals surface area (Å²) in [5, 5.41) is 2.61. The molecule has 0 fully saturated rings. The lowest BCUT2D eigenvalue weighted by Gasteiger charge is -2.10. The Hall–Kier alpha value is -3.93. The minimum absolute atomic E-state index is 0.339. The van der Waals surface area contributed by atoms with Gasteiger partial charge in [-0.25, -0.2) is 4.79 Å². The topological polar surface area (TPSA) is 98.5 Å². The van der Waals surface area contributed by atoms with Gasteiger partial charge in [-0.1, -0.05) is 48.5 Å². The maximum absolute atomic E-state index is 12.5. The van der Waals surface area contributed by atoms with Crippen molar-refractivity contribution >= 4 is 23.5 Å². The second kappa shape index (κ2) is 10.0. The fraction of sp³-hybridized carbons (Fsp3) is 0.125. The Kier molecular flexibility index (Phi) is 6.95. The molecule has 0 saturated carbocycles. The highest BCUT2D eigenvalue weighted by molar-refractivity contribution is 5.97. The van der Waals surface area contributed by atoms with Crippen LogP contribution in [0, 0.1) is 0 Å². The van der Waals surface area contributed by atoms with E-state index in [2.05, 4.69) is 5.32 Å². The van der Waals surface area contributed by atoms with Gasteiger partial charge in [-0.15, -0.1) is 0 Å². The molecule has 3 aromatic rings. The van der Waals surface area contributed by atoms with E-state index in [1.165, 1.54) is 17.7 Å². The number of nitrogens with two attached hydrogens (primary N) is 1. The summed E-state index contributed by atoms with van der Waals surface area (Å²) < 4.78 is 5.19. The van der Waals surface area contributed by atoms with Crippen LogP contribution in [0.5, 0.6) is 0 Å². The van der Waals surface area contributed by atoms with Gasteiger partial charge in [-0.3, -0.25) is 9.59 Å². The van der Waals surface area contributed by atoms with Crippen molar-refractivity contribution in [1.82, 2.24) is 0 Å². The third-order valence-electron chi connectivity index (χ3n) is 4.55. The van der Waals surface area contributed by atoms with Crippen LogP contribution in [0.4, 0.5) is 5.69 Å². The smallest absolute Gasteiger partial charge is 0.338 e. The molecule has 0 bridgehead atoms. The maximum Gasteiger partial charge on any atom is 0.338 e. The average molecular weight is 402 g/mol. The van der Waals surface area contributed by atoms with Gasteiger partial charge in [0, 0.05) is 11.3 Å². The molecule has 0 aromatic heterocycles. The van der Waals surface area contributed by atoms with Crippen molar-refractivity contribution in [3.05, 3.63) is 101 Å². The Morgan fingerprint density at radius 1 is 0.800 bits per heavy atom. The number of esters is 1. The lowest BCUT2D eigenvalue weighted by Crippen LogP contribution is -2.21. The van der Waals surface area contributed by atoms with Gasteiger partial charge in [0.05, 0.1) is 5.56 Å². The van der Waals surface area contributed by atoms with E-state index in [1.54, 1.807) is 24.3 Å². The highest BCUT2D eigenvalue weighted by atomic mass is 16.5. The van der Waals surface area contributed by atoms with Crippen molar-refractivity contribution in [1.29, 1.82) is 0 Å². The fourth-order valence-electron chi connectivity index (χ4n) is 2.98. The molecule has 0 unspecified atom stereocenters. The number of hydrogen-bond acceptors (Lipinski definition) is 4. The van der Waals surface area contributed by atoms with Crippen molar-refractivity contribution < 1.29 is 19.1 Å². The Morgan fingerprint density at radius 2 is 1.47 bits per heavy atom. The number of carbonyl (C=O) groups excluding carboxylic acids is 3.